The second-order valence-electron chi connectivity index (χ2n) is 11.3. The number of rotatable bonds is 9. The van der Waals surface area contributed by atoms with Gasteiger partial charge < -0.3 is 48.1 Å². The first-order valence-corrected chi connectivity index (χ1v) is 14.6. The molecule has 0 aromatic rings. The number of ether oxygens (including phenoxy) is 8. The van der Waals surface area contributed by atoms with Crippen LogP contribution in [-0.4, -0.2) is 60.0 Å². The monoisotopic (exact) mass is 682 g/mol. The molecule has 2 saturated heterocycles. The van der Waals surface area contributed by atoms with Crippen molar-refractivity contribution in [3.05, 3.63) is 94.9 Å². The van der Waals surface area contributed by atoms with Gasteiger partial charge in [0.25, 0.3) is 11.6 Å². The SMILES string of the molecule is CC(C)C1(C)OC(=O)C(=C/C=C/C=C/C2=C([O-])OC(CC3OC(=O)C(C=CC=CC=C4C(=O)OC(C)(C)OC4=O)=C([O-])O3)OC2=O)C(=O)O1. The normalized spacial score (nSPS) is 26.1. The summed E-state index contributed by atoms with van der Waals surface area (Å²) in [4.78, 5) is 73.2. The van der Waals surface area contributed by atoms with Crippen LogP contribution < -0.4 is 10.2 Å². The molecule has 4 aliphatic rings. The summed E-state index contributed by atoms with van der Waals surface area (Å²) in [5, 5.41) is 24.8. The van der Waals surface area contributed by atoms with Gasteiger partial charge in [-0.3, -0.25) is 0 Å². The van der Waals surface area contributed by atoms with Gasteiger partial charge >= 0.3 is 35.8 Å². The maximum absolute atomic E-state index is 12.4. The molecule has 4 heterocycles. The number of allylic oxidation sites excluding steroid dienone is 8. The molecular formula is C33H30O16-2. The number of cyclic esters (lactones) is 6. The Morgan fingerprint density at radius 1 is 0.571 bits per heavy atom. The van der Waals surface area contributed by atoms with E-state index in [2.05, 4.69) is 0 Å². The van der Waals surface area contributed by atoms with Crippen molar-refractivity contribution in [1.82, 2.24) is 0 Å². The quantitative estimate of drug-likeness (QED) is 0.107. The second kappa shape index (κ2) is 14.4. The van der Waals surface area contributed by atoms with Gasteiger partial charge in [-0.2, -0.15) is 0 Å². The van der Waals surface area contributed by atoms with Gasteiger partial charge in [0.05, 0.1) is 23.0 Å². The molecule has 16 nitrogen and oxygen atoms in total. The fourth-order valence-electron chi connectivity index (χ4n) is 4.05. The number of carbonyl (C=O) groups is 6. The molecule has 0 N–H and O–H groups in total. The van der Waals surface area contributed by atoms with Crippen LogP contribution in [-0.2, 0) is 66.7 Å². The zero-order valence-corrected chi connectivity index (χ0v) is 26.7. The lowest BCUT2D eigenvalue weighted by molar-refractivity contribution is -0.392. The van der Waals surface area contributed by atoms with Crippen LogP contribution in [0.15, 0.2) is 94.9 Å². The molecule has 0 amide bonds. The molecule has 0 spiro atoms. The second-order valence-corrected chi connectivity index (χ2v) is 11.3. The van der Waals surface area contributed by atoms with Crippen LogP contribution in [0.1, 0.15) is 41.0 Å². The average Bonchev–Trinajstić information content (AvgIpc) is 2.96. The van der Waals surface area contributed by atoms with Crippen molar-refractivity contribution in [2.45, 2.75) is 65.2 Å². The van der Waals surface area contributed by atoms with Gasteiger partial charge in [0, 0.05) is 33.1 Å². The molecule has 0 aromatic heterocycles. The molecule has 2 unspecified atom stereocenters. The summed E-state index contributed by atoms with van der Waals surface area (Å²) in [5.41, 5.74) is -1.71. The highest BCUT2D eigenvalue weighted by Gasteiger charge is 2.44. The maximum atomic E-state index is 12.4. The first kappa shape index (κ1) is 35.8. The van der Waals surface area contributed by atoms with Gasteiger partial charge in [0.15, 0.2) is 12.6 Å². The number of esters is 6. The standard InChI is InChI=1S/C33H32O16/c1-17(2)33(5)48-30(40)21(31(41)49-33)15-11-7-9-13-19-26(36)44-23(45-27(19)37)16-22-42-24(34)18(25(35)43-22)12-8-6-10-14-20-28(38)46-32(3,4)47-29(20)39/h6-15,17,22-23,34,36H,16H2,1-5H3/p-2/b10-6?,11-7+,12-8?,13-9+,21-15?. The predicted molar refractivity (Wildman–Crippen MR) is 155 cm³/mol. The summed E-state index contributed by atoms with van der Waals surface area (Å²) in [7, 11) is 0. The molecule has 0 radical (unpaired) electrons. The van der Waals surface area contributed by atoms with Crippen molar-refractivity contribution in [2.75, 3.05) is 0 Å². The van der Waals surface area contributed by atoms with E-state index in [0.717, 1.165) is 24.3 Å². The van der Waals surface area contributed by atoms with Crippen molar-refractivity contribution in [3.8, 4) is 0 Å². The van der Waals surface area contributed by atoms with Crippen LogP contribution >= 0.6 is 0 Å². The molecule has 0 aliphatic carbocycles. The minimum absolute atomic E-state index is 0.282. The lowest BCUT2D eigenvalue weighted by atomic mass is 10.0. The van der Waals surface area contributed by atoms with Gasteiger partial charge in [-0.05, 0) is 24.3 Å². The molecule has 0 aromatic carbocycles. The highest BCUT2D eigenvalue weighted by Crippen LogP contribution is 2.30. The largest absolute Gasteiger partial charge is 0.576 e. The molecule has 260 valence electrons. The molecule has 2 fully saturated rings. The van der Waals surface area contributed by atoms with Crippen molar-refractivity contribution in [3.63, 3.8) is 0 Å². The topological polar surface area (TPSA) is 222 Å². The summed E-state index contributed by atoms with van der Waals surface area (Å²) in [6.45, 7) is 7.71. The Labute approximate surface area is 278 Å². The van der Waals surface area contributed by atoms with E-state index in [1.807, 2.05) is 0 Å². The first-order valence-electron chi connectivity index (χ1n) is 14.6. The Balaban J connectivity index is 1.30. The Morgan fingerprint density at radius 3 is 1.33 bits per heavy atom. The highest BCUT2D eigenvalue weighted by molar-refractivity contribution is 6.16. The summed E-state index contributed by atoms with van der Waals surface area (Å²) < 4.78 is 40.5. The Morgan fingerprint density at radius 2 is 0.959 bits per heavy atom. The summed E-state index contributed by atoms with van der Waals surface area (Å²) in [6, 6.07) is 0. The maximum Gasteiger partial charge on any atom is 0.348 e. The Hall–Kier alpha value is -6.06. The first-order chi connectivity index (χ1) is 23.0. The lowest BCUT2D eigenvalue weighted by Crippen LogP contribution is -2.47. The van der Waals surface area contributed by atoms with Gasteiger partial charge in [0.2, 0.25) is 0 Å². The third-order valence-corrected chi connectivity index (χ3v) is 6.91. The minimum atomic E-state index is -1.56. The number of hydrogen-bond acceptors (Lipinski definition) is 16. The summed E-state index contributed by atoms with van der Waals surface area (Å²) >= 11 is 0. The smallest absolute Gasteiger partial charge is 0.348 e. The third kappa shape index (κ3) is 8.65. The summed E-state index contributed by atoms with van der Waals surface area (Å²) in [6.07, 6.45) is 8.40. The van der Waals surface area contributed by atoms with Crippen LogP contribution in [0.5, 0.6) is 0 Å². The lowest BCUT2D eigenvalue weighted by Gasteiger charge is -2.38. The summed E-state index contributed by atoms with van der Waals surface area (Å²) in [5.74, 6) is -10.9. The zero-order chi connectivity index (χ0) is 36.1. The van der Waals surface area contributed by atoms with E-state index in [4.69, 9.17) is 37.9 Å². The number of hydrogen-bond donors (Lipinski definition) is 0. The van der Waals surface area contributed by atoms with Crippen molar-refractivity contribution < 1.29 is 76.9 Å². The van der Waals surface area contributed by atoms with Crippen molar-refractivity contribution >= 4 is 35.8 Å². The van der Waals surface area contributed by atoms with Gasteiger partial charge in [-0.1, -0.05) is 50.3 Å². The van der Waals surface area contributed by atoms with Crippen LogP contribution in [0.2, 0.25) is 0 Å². The number of carbonyl (C=O) groups excluding carboxylic acids is 6. The van der Waals surface area contributed by atoms with Gasteiger partial charge in [-0.25, -0.2) is 28.8 Å². The van der Waals surface area contributed by atoms with E-state index in [-0.39, 0.29) is 17.1 Å². The Kier molecular flexibility index (Phi) is 10.5. The van der Waals surface area contributed by atoms with E-state index < -0.39 is 89.4 Å². The van der Waals surface area contributed by atoms with Crippen LogP contribution in [0, 0.1) is 5.92 Å². The fraction of sp³-hybridized carbons (Fsp3) is 0.333. The third-order valence-electron chi connectivity index (χ3n) is 6.91. The van der Waals surface area contributed by atoms with E-state index in [1.54, 1.807) is 13.8 Å². The molecule has 4 aliphatic heterocycles. The van der Waals surface area contributed by atoms with Crippen molar-refractivity contribution in [1.29, 1.82) is 0 Å². The average molecular weight is 683 g/mol. The van der Waals surface area contributed by atoms with E-state index in [0.29, 0.717) is 0 Å². The van der Waals surface area contributed by atoms with E-state index >= 15 is 0 Å². The minimum Gasteiger partial charge on any atom is -0.576 e. The molecule has 49 heavy (non-hydrogen) atoms. The van der Waals surface area contributed by atoms with Crippen LogP contribution in [0.3, 0.4) is 0 Å². The van der Waals surface area contributed by atoms with Gasteiger partial charge in [0.1, 0.15) is 11.1 Å². The van der Waals surface area contributed by atoms with Crippen LogP contribution in [0.4, 0.5) is 0 Å². The molecule has 0 saturated carbocycles. The highest BCUT2D eigenvalue weighted by atomic mass is 16.8. The van der Waals surface area contributed by atoms with Crippen molar-refractivity contribution in [2.24, 2.45) is 5.92 Å². The molecular weight excluding hydrogens is 652 g/mol. The Bertz CT molecular complexity index is 1650. The predicted octanol–water partition coefficient (Wildman–Crippen LogP) is 0.705. The molecule has 4 rings (SSSR count). The van der Waals surface area contributed by atoms with Gasteiger partial charge in [-0.15, -0.1) is 0 Å². The molecule has 2 atom stereocenters. The van der Waals surface area contributed by atoms with Crippen LogP contribution in [0.25, 0.3) is 0 Å². The zero-order valence-electron chi connectivity index (χ0n) is 26.7. The fourth-order valence-corrected chi connectivity index (χ4v) is 4.05. The molecule has 16 heteroatoms. The van der Waals surface area contributed by atoms with E-state index in [9.17, 15) is 39.0 Å². The molecule has 0 bridgehead atoms. The van der Waals surface area contributed by atoms with E-state index in [1.165, 1.54) is 57.2 Å².